The molecule has 2 aliphatic rings. The van der Waals surface area contributed by atoms with Crippen molar-refractivity contribution in [2.45, 2.75) is 52.1 Å². The van der Waals surface area contributed by atoms with E-state index in [1.165, 1.54) is 0 Å². The number of nitrogens with one attached hydrogen (secondary N) is 2. The van der Waals surface area contributed by atoms with Crippen molar-refractivity contribution >= 4 is 17.7 Å². The molecule has 0 spiro atoms. The quantitative estimate of drug-likeness (QED) is 0.635. The highest BCUT2D eigenvalue weighted by Gasteiger charge is 2.34. The maximum atomic E-state index is 13.2. The predicted molar refractivity (Wildman–Crippen MR) is 132 cm³/mol. The van der Waals surface area contributed by atoms with E-state index >= 15 is 0 Å². The van der Waals surface area contributed by atoms with Gasteiger partial charge in [0.2, 0.25) is 12.7 Å². The molecule has 2 heterocycles. The fourth-order valence-corrected chi connectivity index (χ4v) is 4.49. The van der Waals surface area contributed by atoms with Gasteiger partial charge in [-0.15, -0.1) is 0 Å². The summed E-state index contributed by atoms with van der Waals surface area (Å²) in [7, 11) is 0. The van der Waals surface area contributed by atoms with Crippen LogP contribution >= 0.6 is 0 Å². The third-order valence-corrected chi connectivity index (χ3v) is 6.77. The normalized spacial score (nSPS) is 16.9. The summed E-state index contributed by atoms with van der Waals surface area (Å²) in [5.74, 6) is 0.484. The molecule has 4 rings (SSSR count). The molecule has 2 atom stereocenters. The Kier molecular flexibility index (Phi) is 7.58. The number of piperidine rings is 1. The number of carbonyl (C=O) groups excluding carboxylic acids is 3. The zero-order valence-corrected chi connectivity index (χ0v) is 20.5. The zero-order valence-electron chi connectivity index (χ0n) is 20.5. The second-order valence-electron chi connectivity index (χ2n) is 9.34. The molecule has 2 aromatic rings. The van der Waals surface area contributed by atoms with Gasteiger partial charge in [-0.2, -0.15) is 0 Å². The second-order valence-corrected chi connectivity index (χ2v) is 9.34. The Morgan fingerprint density at radius 1 is 1.00 bits per heavy atom. The number of aryl methyl sites for hydroxylation is 1. The van der Waals surface area contributed by atoms with Crippen LogP contribution in [-0.4, -0.2) is 54.6 Å². The Morgan fingerprint density at radius 3 is 2.46 bits per heavy atom. The molecule has 2 N–H and O–H groups in total. The molecule has 0 unspecified atom stereocenters. The number of rotatable bonds is 7. The lowest BCUT2D eigenvalue weighted by molar-refractivity contribution is -0.125. The number of hydrogen-bond donors (Lipinski definition) is 2. The SMILES string of the molecule is CC[C@@H](C)NC(=O)[C@@H](NC(=O)c1ccc2c(c1)OCO2)C1CCN(C(=O)c2cccc(C)c2)CC1. The molecule has 2 aliphatic heterocycles. The lowest BCUT2D eigenvalue weighted by Gasteiger charge is -2.36. The van der Waals surface area contributed by atoms with Crippen molar-refractivity contribution in [3.8, 4) is 11.5 Å². The van der Waals surface area contributed by atoms with E-state index in [9.17, 15) is 14.4 Å². The van der Waals surface area contributed by atoms with E-state index in [4.69, 9.17) is 9.47 Å². The van der Waals surface area contributed by atoms with E-state index in [2.05, 4.69) is 10.6 Å². The fourth-order valence-electron chi connectivity index (χ4n) is 4.49. The number of amides is 3. The molecule has 0 radical (unpaired) electrons. The molecule has 0 aliphatic carbocycles. The monoisotopic (exact) mass is 479 g/mol. The molecule has 3 amide bonds. The van der Waals surface area contributed by atoms with Crippen LogP contribution < -0.4 is 20.1 Å². The largest absolute Gasteiger partial charge is 0.454 e. The summed E-state index contributed by atoms with van der Waals surface area (Å²) >= 11 is 0. The van der Waals surface area contributed by atoms with Crippen LogP contribution in [0.25, 0.3) is 0 Å². The smallest absolute Gasteiger partial charge is 0.253 e. The molecule has 8 heteroatoms. The average molecular weight is 480 g/mol. The highest BCUT2D eigenvalue weighted by molar-refractivity contribution is 5.98. The Labute approximate surface area is 206 Å². The van der Waals surface area contributed by atoms with Gasteiger partial charge in [0.1, 0.15) is 6.04 Å². The average Bonchev–Trinajstić information content (AvgIpc) is 3.34. The third-order valence-electron chi connectivity index (χ3n) is 6.77. The first kappa shape index (κ1) is 24.6. The highest BCUT2D eigenvalue weighted by Crippen LogP contribution is 2.32. The topological polar surface area (TPSA) is 97.0 Å². The second kappa shape index (κ2) is 10.8. The summed E-state index contributed by atoms with van der Waals surface area (Å²) in [6.07, 6.45) is 2.03. The van der Waals surface area contributed by atoms with Gasteiger partial charge in [-0.3, -0.25) is 14.4 Å². The summed E-state index contributed by atoms with van der Waals surface area (Å²) in [5, 5.41) is 5.97. The minimum Gasteiger partial charge on any atom is -0.454 e. The first-order chi connectivity index (χ1) is 16.9. The zero-order chi connectivity index (χ0) is 24.9. The number of likely N-dealkylation sites (tertiary alicyclic amines) is 1. The molecule has 1 saturated heterocycles. The minimum atomic E-state index is -0.696. The number of carbonyl (C=O) groups is 3. The van der Waals surface area contributed by atoms with E-state index in [1.54, 1.807) is 18.2 Å². The number of ether oxygens (including phenoxy) is 2. The molecular weight excluding hydrogens is 446 g/mol. The molecule has 35 heavy (non-hydrogen) atoms. The molecule has 1 fully saturated rings. The van der Waals surface area contributed by atoms with Crippen molar-refractivity contribution in [3.63, 3.8) is 0 Å². The lowest BCUT2D eigenvalue weighted by atomic mass is 9.88. The van der Waals surface area contributed by atoms with Crippen LogP contribution in [0.1, 0.15) is 59.4 Å². The summed E-state index contributed by atoms with van der Waals surface area (Å²) in [4.78, 5) is 41.1. The Hall–Kier alpha value is -3.55. The van der Waals surface area contributed by atoms with Gasteiger partial charge in [0.25, 0.3) is 11.8 Å². The van der Waals surface area contributed by atoms with Crippen molar-refractivity contribution in [2.24, 2.45) is 5.92 Å². The number of hydrogen-bond acceptors (Lipinski definition) is 5. The van der Waals surface area contributed by atoms with Gasteiger partial charge in [-0.05, 0) is 69.4 Å². The van der Waals surface area contributed by atoms with Crippen molar-refractivity contribution in [3.05, 3.63) is 59.2 Å². The first-order valence-corrected chi connectivity index (χ1v) is 12.2. The number of nitrogens with zero attached hydrogens (tertiary/aromatic N) is 1. The Bertz CT molecular complexity index is 1090. The highest BCUT2D eigenvalue weighted by atomic mass is 16.7. The maximum Gasteiger partial charge on any atom is 0.253 e. The third kappa shape index (κ3) is 5.75. The fraction of sp³-hybridized carbons (Fsp3) is 0.444. The molecule has 186 valence electrons. The van der Waals surface area contributed by atoms with Gasteiger partial charge in [-0.25, -0.2) is 0 Å². The molecule has 0 saturated carbocycles. The molecule has 0 bridgehead atoms. The van der Waals surface area contributed by atoms with Crippen LogP contribution in [0.5, 0.6) is 11.5 Å². The van der Waals surface area contributed by atoms with Gasteiger partial charge < -0.3 is 25.0 Å². The number of fused-ring (bicyclic) bond motifs is 1. The van der Waals surface area contributed by atoms with Gasteiger partial charge in [0, 0.05) is 30.3 Å². The molecular formula is C27H33N3O5. The summed E-state index contributed by atoms with van der Waals surface area (Å²) in [6.45, 7) is 7.10. The predicted octanol–water partition coefficient (Wildman–Crippen LogP) is 3.29. The molecule has 2 aromatic carbocycles. The van der Waals surface area contributed by atoms with Gasteiger partial charge in [0.05, 0.1) is 0 Å². The van der Waals surface area contributed by atoms with E-state index in [0.717, 1.165) is 12.0 Å². The van der Waals surface area contributed by atoms with Crippen LogP contribution in [0.3, 0.4) is 0 Å². The molecule has 0 aromatic heterocycles. The van der Waals surface area contributed by atoms with Gasteiger partial charge >= 0.3 is 0 Å². The van der Waals surface area contributed by atoms with Crippen LogP contribution in [0.4, 0.5) is 0 Å². The van der Waals surface area contributed by atoms with Crippen LogP contribution in [0.15, 0.2) is 42.5 Å². The summed E-state index contributed by atoms with van der Waals surface area (Å²) in [5.41, 5.74) is 2.12. The van der Waals surface area contributed by atoms with Gasteiger partial charge in [-0.1, -0.05) is 24.6 Å². The van der Waals surface area contributed by atoms with Crippen LogP contribution in [0.2, 0.25) is 0 Å². The van der Waals surface area contributed by atoms with Crippen molar-refractivity contribution in [2.75, 3.05) is 19.9 Å². The molecule has 8 nitrogen and oxygen atoms in total. The number of benzene rings is 2. The summed E-state index contributed by atoms with van der Waals surface area (Å²) in [6, 6.07) is 11.9. The van der Waals surface area contributed by atoms with Crippen molar-refractivity contribution in [1.82, 2.24) is 15.5 Å². The maximum absolute atomic E-state index is 13.2. The van der Waals surface area contributed by atoms with Gasteiger partial charge in [0.15, 0.2) is 11.5 Å². The van der Waals surface area contributed by atoms with Crippen LogP contribution in [-0.2, 0) is 4.79 Å². The van der Waals surface area contributed by atoms with E-state index in [0.29, 0.717) is 48.6 Å². The Morgan fingerprint density at radius 2 is 1.74 bits per heavy atom. The summed E-state index contributed by atoms with van der Waals surface area (Å²) < 4.78 is 10.7. The Balaban J connectivity index is 1.45. The lowest BCUT2D eigenvalue weighted by Crippen LogP contribution is -2.55. The first-order valence-electron chi connectivity index (χ1n) is 12.2. The van der Waals surface area contributed by atoms with E-state index in [-0.39, 0.29) is 36.5 Å². The van der Waals surface area contributed by atoms with Crippen LogP contribution in [0, 0.1) is 12.8 Å². The van der Waals surface area contributed by atoms with Crippen molar-refractivity contribution < 1.29 is 23.9 Å². The van der Waals surface area contributed by atoms with Crippen molar-refractivity contribution in [1.29, 1.82) is 0 Å². The standard InChI is InChI=1S/C27H33N3O5/c1-4-18(3)28-26(32)24(29-25(31)20-8-9-22-23(15-20)35-16-34-22)19-10-12-30(13-11-19)27(33)21-7-5-6-17(2)14-21/h5-9,14-15,18-19,24H,4,10-13,16H2,1-3H3,(H,28,32)(H,29,31)/t18-,24+/m1/s1. The van der Waals surface area contributed by atoms with E-state index in [1.807, 2.05) is 49.9 Å². The minimum absolute atomic E-state index is 0.00264. The van der Waals surface area contributed by atoms with E-state index < -0.39 is 6.04 Å².